The van der Waals surface area contributed by atoms with E-state index in [2.05, 4.69) is 36.8 Å². The van der Waals surface area contributed by atoms with Gasteiger partial charge in [0.05, 0.1) is 11.0 Å². The average molecular weight is 306 g/mol. The van der Waals surface area contributed by atoms with E-state index >= 15 is 0 Å². The van der Waals surface area contributed by atoms with Crippen molar-refractivity contribution in [3.8, 4) is 0 Å². The van der Waals surface area contributed by atoms with Crippen LogP contribution in [-0.4, -0.2) is 9.55 Å². The number of nitrogens with zero attached hydrogens (tertiary/aromatic N) is 1. The molecule has 0 aliphatic rings. The third-order valence-electron chi connectivity index (χ3n) is 1.91. The van der Waals surface area contributed by atoms with E-state index in [0.29, 0.717) is 0 Å². The highest BCUT2D eigenvalue weighted by molar-refractivity contribution is 9.11. The fourth-order valence-corrected chi connectivity index (χ4v) is 2.79. The number of hydrogen-bond acceptors (Lipinski definition) is 1. The van der Waals surface area contributed by atoms with Gasteiger partial charge < -0.3 is 4.98 Å². The van der Waals surface area contributed by atoms with Gasteiger partial charge in [0, 0.05) is 16.0 Å². The molecule has 0 spiro atoms. The molecule has 0 aliphatic heterocycles. The Balaban J connectivity index is 3.03. The Kier molecular flexibility index (Phi) is 2.08. The van der Waals surface area contributed by atoms with Crippen LogP contribution in [0, 0.1) is 0 Å². The van der Waals surface area contributed by atoms with E-state index in [-0.39, 0.29) is 5.69 Å². The molecule has 0 saturated heterocycles. The van der Waals surface area contributed by atoms with Crippen LogP contribution >= 0.6 is 31.9 Å². The van der Waals surface area contributed by atoms with Crippen LogP contribution in [0.1, 0.15) is 0 Å². The minimum atomic E-state index is -0.103. The van der Waals surface area contributed by atoms with E-state index in [9.17, 15) is 4.79 Å². The van der Waals surface area contributed by atoms with Crippen molar-refractivity contribution in [2.24, 2.45) is 7.05 Å². The largest absolute Gasteiger partial charge is 0.326 e. The first-order chi connectivity index (χ1) is 6.09. The molecule has 0 saturated carbocycles. The van der Waals surface area contributed by atoms with Crippen molar-refractivity contribution < 1.29 is 0 Å². The van der Waals surface area contributed by atoms with E-state index in [1.165, 1.54) is 0 Å². The Morgan fingerprint density at radius 3 is 2.77 bits per heavy atom. The third-order valence-corrected chi connectivity index (χ3v) is 2.97. The zero-order valence-corrected chi connectivity index (χ0v) is 9.94. The van der Waals surface area contributed by atoms with E-state index in [0.717, 1.165) is 20.0 Å². The van der Waals surface area contributed by atoms with Gasteiger partial charge in [-0.05, 0) is 28.1 Å². The highest BCUT2D eigenvalue weighted by Crippen LogP contribution is 2.25. The van der Waals surface area contributed by atoms with Gasteiger partial charge in [0.2, 0.25) is 0 Å². The number of benzene rings is 1. The molecule has 0 radical (unpaired) electrons. The van der Waals surface area contributed by atoms with Crippen molar-refractivity contribution in [2.45, 2.75) is 0 Å². The van der Waals surface area contributed by atoms with Gasteiger partial charge in [-0.25, -0.2) is 4.79 Å². The molecule has 0 atom stereocenters. The van der Waals surface area contributed by atoms with Crippen molar-refractivity contribution in [2.75, 3.05) is 0 Å². The van der Waals surface area contributed by atoms with Gasteiger partial charge in [0.1, 0.15) is 0 Å². The van der Waals surface area contributed by atoms with E-state index in [1.807, 2.05) is 12.1 Å². The number of aromatic nitrogens is 2. The van der Waals surface area contributed by atoms with Crippen LogP contribution in [0.3, 0.4) is 0 Å². The monoisotopic (exact) mass is 304 g/mol. The van der Waals surface area contributed by atoms with Crippen LogP contribution in [0.4, 0.5) is 0 Å². The number of hydrogen-bond donors (Lipinski definition) is 1. The maximum Gasteiger partial charge on any atom is 0.326 e. The summed E-state index contributed by atoms with van der Waals surface area (Å²) in [6.07, 6.45) is 0. The lowest BCUT2D eigenvalue weighted by Gasteiger charge is -1.97. The summed E-state index contributed by atoms with van der Waals surface area (Å²) in [6, 6.07) is 3.79. The van der Waals surface area contributed by atoms with Crippen LogP contribution in [0.5, 0.6) is 0 Å². The maximum atomic E-state index is 11.3. The average Bonchev–Trinajstić information content (AvgIpc) is 2.27. The van der Waals surface area contributed by atoms with Crippen LogP contribution in [0.2, 0.25) is 0 Å². The number of imidazole rings is 1. The van der Waals surface area contributed by atoms with Crippen LogP contribution < -0.4 is 5.69 Å². The fourth-order valence-electron chi connectivity index (χ4n) is 1.30. The summed E-state index contributed by atoms with van der Waals surface area (Å²) < 4.78 is 3.41. The molecular weight excluding hydrogens is 300 g/mol. The third kappa shape index (κ3) is 1.36. The normalized spacial score (nSPS) is 11.0. The predicted molar refractivity (Wildman–Crippen MR) is 58.9 cm³/mol. The predicted octanol–water partition coefficient (Wildman–Crippen LogP) is 2.39. The lowest BCUT2D eigenvalue weighted by atomic mass is 10.3. The highest BCUT2D eigenvalue weighted by Gasteiger charge is 2.07. The molecule has 0 amide bonds. The zero-order valence-electron chi connectivity index (χ0n) is 6.77. The first-order valence-corrected chi connectivity index (χ1v) is 5.22. The van der Waals surface area contributed by atoms with Crippen molar-refractivity contribution >= 4 is 42.9 Å². The number of halogens is 2. The Morgan fingerprint density at radius 1 is 1.38 bits per heavy atom. The van der Waals surface area contributed by atoms with Gasteiger partial charge in [0.25, 0.3) is 0 Å². The van der Waals surface area contributed by atoms with Gasteiger partial charge in [-0.3, -0.25) is 4.57 Å². The summed E-state index contributed by atoms with van der Waals surface area (Å²) in [5, 5.41) is 0. The van der Waals surface area contributed by atoms with Gasteiger partial charge in [-0.2, -0.15) is 0 Å². The number of H-pyrrole nitrogens is 1. The molecule has 1 heterocycles. The highest BCUT2D eigenvalue weighted by atomic mass is 79.9. The summed E-state index contributed by atoms with van der Waals surface area (Å²) >= 11 is 6.76. The number of aromatic amines is 1. The Labute approximate surface area is 91.0 Å². The van der Waals surface area contributed by atoms with Crippen molar-refractivity contribution in [3.63, 3.8) is 0 Å². The van der Waals surface area contributed by atoms with Crippen LogP contribution in [0.15, 0.2) is 25.9 Å². The second-order valence-corrected chi connectivity index (χ2v) is 4.54. The number of aryl methyl sites for hydroxylation is 1. The van der Waals surface area contributed by atoms with Gasteiger partial charge in [-0.1, -0.05) is 15.9 Å². The van der Waals surface area contributed by atoms with E-state index in [1.54, 1.807) is 11.6 Å². The number of rotatable bonds is 0. The SMILES string of the molecule is Cn1c(=O)[nH]c2cc(Br)cc(Br)c21. The summed E-state index contributed by atoms with van der Waals surface area (Å²) in [5.74, 6) is 0. The Hall–Kier alpha value is -0.550. The lowest BCUT2D eigenvalue weighted by molar-refractivity contribution is 0.890. The molecule has 2 rings (SSSR count). The molecule has 0 fully saturated rings. The summed E-state index contributed by atoms with van der Waals surface area (Å²) in [5.41, 5.74) is 1.61. The standard InChI is InChI=1S/C8H6Br2N2O/c1-12-7-5(10)2-4(9)3-6(7)11-8(12)13/h2-3H,1H3,(H,11,13). The quantitative estimate of drug-likeness (QED) is 0.797. The summed E-state index contributed by atoms with van der Waals surface area (Å²) in [4.78, 5) is 14.0. The molecule has 2 aromatic rings. The molecular formula is C8H6Br2N2O. The second-order valence-electron chi connectivity index (χ2n) is 2.77. The minimum absolute atomic E-state index is 0.103. The van der Waals surface area contributed by atoms with Crippen LogP contribution in [-0.2, 0) is 7.05 Å². The maximum absolute atomic E-state index is 11.3. The molecule has 1 aromatic heterocycles. The molecule has 1 aromatic carbocycles. The van der Waals surface area contributed by atoms with Crippen molar-refractivity contribution in [3.05, 3.63) is 31.6 Å². The molecule has 68 valence electrons. The van der Waals surface area contributed by atoms with Gasteiger partial charge in [-0.15, -0.1) is 0 Å². The van der Waals surface area contributed by atoms with Gasteiger partial charge >= 0.3 is 5.69 Å². The first kappa shape index (κ1) is 9.02. The molecule has 0 unspecified atom stereocenters. The van der Waals surface area contributed by atoms with E-state index < -0.39 is 0 Å². The van der Waals surface area contributed by atoms with E-state index in [4.69, 9.17) is 0 Å². The van der Waals surface area contributed by atoms with Crippen LogP contribution in [0.25, 0.3) is 11.0 Å². The van der Waals surface area contributed by atoms with Crippen molar-refractivity contribution in [1.29, 1.82) is 0 Å². The number of nitrogens with one attached hydrogen (secondary N) is 1. The molecule has 0 aliphatic carbocycles. The topological polar surface area (TPSA) is 37.8 Å². The van der Waals surface area contributed by atoms with Gasteiger partial charge in [0.15, 0.2) is 0 Å². The second kappa shape index (κ2) is 2.99. The zero-order chi connectivity index (χ0) is 9.59. The Morgan fingerprint density at radius 2 is 2.08 bits per heavy atom. The van der Waals surface area contributed by atoms with Crippen molar-refractivity contribution in [1.82, 2.24) is 9.55 Å². The summed E-state index contributed by atoms with van der Waals surface area (Å²) in [7, 11) is 1.74. The number of fused-ring (bicyclic) bond motifs is 1. The minimum Gasteiger partial charge on any atom is -0.305 e. The molecule has 1 N–H and O–H groups in total. The summed E-state index contributed by atoms with van der Waals surface area (Å²) in [6.45, 7) is 0. The molecule has 3 nitrogen and oxygen atoms in total. The molecule has 13 heavy (non-hydrogen) atoms. The lowest BCUT2D eigenvalue weighted by Crippen LogP contribution is -2.11. The molecule has 0 bridgehead atoms. The first-order valence-electron chi connectivity index (χ1n) is 3.63. The Bertz CT molecular complexity index is 527. The smallest absolute Gasteiger partial charge is 0.305 e. The molecule has 5 heteroatoms. The fraction of sp³-hybridized carbons (Fsp3) is 0.125.